The molecular weight excluding hydrogens is 268 g/mol. The molecule has 0 spiro atoms. The standard InChI is InChI=1S/C16H18N2O3/c1-12-14(16(19)20-2)8-9-15(18-12)17-10-11-21-13-6-4-3-5-7-13/h3-9H,10-11H2,1-2H3,(H,17,18). The number of ether oxygens (including phenoxy) is 2. The van der Waals surface area contributed by atoms with E-state index in [2.05, 4.69) is 15.0 Å². The van der Waals surface area contributed by atoms with Crippen LogP contribution < -0.4 is 10.1 Å². The molecule has 0 amide bonds. The molecule has 2 rings (SSSR count). The summed E-state index contributed by atoms with van der Waals surface area (Å²) in [5.74, 6) is 1.17. The lowest BCUT2D eigenvalue weighted by atomic mass is 10.2. The van der Waals surface area contributed by atoms with Crippen LogP contribution >= 0.6 is 0 Å². The number of pyridine rings is 1. The smallest absolute Gasteiger partial charge is 0.339 e. The summed E-state index contributed by atoms with van der Waals surface area (Å²) in [5, 5.41) is 3.15. The van der Waals surface area contributed by atoms with E-state index < -0.39 is 0 Å². The van der Waals surface area contributed by atoms with Crippen LogP contribution in [0.15, 0.2) is 42.5 Å². The highest BCUT2D eigenvalue weighted by molar-refractivity contribution is 5.90. The molecule has 0 atom stereocenters. The van der Waals surface area contributed by atoms with Gasteiger partial charge in [0.2, 0.25) is 0 Å². The summed E-state index contributed by atoms with van der Waals surface area (Å²) in [4.78, 5) is 15.8. The maximum absolute atomic E-state index is 11.5. The zero-order chi connectivity index (χ0) is 15.1. The number of nitrogens with zero attached hydrogens (tertiary/aromatic N) is 1. The van der Waals surface area contributed by atoms with Gasteiger partial charge in [0.25, 0.3) is 0 Å². The van der Waals surface area contributed by atoms with Gasteiger partial charge in [-0.1, -0.05) is 18.2 Å². The van der Waals surface area contributed by atoms with Crippen LogP contribution in [0.2, 0.25) is 0 Å². The van der Waals surface area contributed by atoms with Gasteiger partial charge in [0.05, 0.1) is 24.9 Å². The first-order chi connectivity index (χ1) is 10.2. The van der Waals surface area contributed by atoms with Gasteiger partial charge in [-0.3, -0.25) is 0 Å². The van der Waals surface area contributed by atoms with Crippen molar-refractivity contribution in [1.29, 1.82) is 0 Å². The minimum atomic E-state index is -0.376. The lowest BCUT2D eigenvalue weighted by molar-refractivity contribution is 0.0599. The van der Waals surface area contributed by atoms with Crippen molar-refractivity contribution in [2.45, 2.75) is 6.92 Å². The minimum Gasteiger partial charge on any atom is -0.492 e. The number of anilines is 1. The Kier molecular flexibility index (Phi) is 5.15. The zero-order valence-electron chi connectivity index (χ0n) is 12.1. The van der Waals surface area contributed by atoms with Crippen molar-refractivity contribution < 1.29 is 14.3 Å². The monoisotopic (exact) mass is 286 g/mol. The van der Waals surface area contributed by atoms with E-state index in [1.807, 2.05) is 30.3 Å². The Morgan fingerprint density at radius 2 is 1.95 bits per heavy atom. The summed E-state index contributed by atoms with van der Waals surface area (Å²) in [5.41, 5.74) is 1.11. The number of esters is 1. The van der Waals surface area contributed by atoms with E-state index in [1.165, 1.54) is 7.11 Å². The van der Waals surface area contributed by atoms with E-state index in [1.54, 1.807) is 19.1 Å². The number of carbonyl (C=O) groups is 1. The highest BCUT2D eigenvalue weighted by atomic mass is 16.5. The summed E-state index contributed by atoms with van der Waals surface area (Å²) in [6, 6.07) is 13.1. The summed E-state index contributed by atoms with van der Waals surface area (Å²) < 4.78 is 10.3. The Morgan fingerprint density at radius 3 is 2.62 bits per heavy atom. The zero-order valence-corrected chi connectivity index (χ0v) is 12.1. The molecular formula is C16H18N2O3. The summed E-state index contributed by atoms with van der Waals surface area (Å²) in [6.07, 6.45) is 0. The molecule has 110 valence electrons. The molecule has 0 aliphatic heterocycles. The van der Waals surface area contributed by atoms with E-state index in [4.69, 9.17) is 4.74 Å². The Balaban J connectivity index is 1.84. The van der Waals surface area contributed by atoms with E-state index in [9.17, 15) is 4.79 Å². The van der Waals surface area contributed by atoms with Crippen molar-refractivity contribution in [2.24, 2.45) is 0 Å². The number of methoxy groups -OCH3 is 1. The molecule has 2 aromatic rings. The molecule has 0 saturated carbocycles. The van der Waals surface area contributed by atoms with Crippen molar-refractivity contribution >= 4 is 11.8 Å². The predicted octanol–water partition coefficient (Wildman–Crippen LogP) is 2.67. The Labute approximate surface area is 123 Å². The van der Waals surface area contributed by atoms with E-state index >= 15 is 0 Å². The molecule has 5 nitrogen and oxygen atoms in total. The molecule has 0 aliphatic carbocycles. The maximum Gasteiger partial charge on any atom is 0.339 e. The third-order valence-electron chi connectivity index (χ3n) is 2.91. The number of carbonyl (C=O) groups excluding carboxylic acids is 1. The lowest BCUT2D eigenvalue weighted by Crippen LogP contribution is -2.13. The number of para-hydroxylation sites is 1. The van der Waals surface area contributed by atoms with Crippen molar-refractivity contribution in [3.8, 4) is 5.75 Å². The van der Waals surface area contributed by atoms with Gasteiger partial charge < -0.3 is 14.8 Å². The third kappa shape index (κ3) is 4.21. The number of aromatic nitrogens is 1. The fourth-order valence-electron chi connectivity index (χ4n) is 1.85. The normalized spacial score (nSPS) is 10.0. The van der Waals surface area contributed by atoms with Gasteiger partial charge in [0.1, 0.15) is 18.2 Å². The predicted molar refractivity (Wildman–Crippen MR) is 80.7 cm³/mol. The van der Waals surface area contributed by atoms with Crippen LogP contribution in [0.3, 0.4) is 0 Å². The van der Waals surface area contributed by atoms with Crippen LogP contribution in [0.25, 0.3) is 0 Å². The summed E-state index contributed by atoms with van der Waals surface area (Å²) >= 11 is 0. The molecule has 1 aromatic carbocycles. The van der Waals surface area contributed by atoms with Gasteiger partial charge in [0.15, 0.2) is 0 Å². The molecule has 1 N–H and O–H groups in total. The Bertz CT molecular complexity index is 600. The molecule has 0 bridgehead atoms. The average Bonchev–Trinajstić information content (AvgIpc) is 2.52. The number of nitrogens with one attached hydrogen (secondary N) is 1. The fraction of sp³-hybridized carbons (Fsp3) is 0.250. The van der Waals surface area contributed by atoms with Crippen LogP contribution in [-0.2, 0) is 4.74 Å². The highest BCUT2D eigenvalue weighted by Crippen LogP contribution is 2.12. The van der Waals surface area contributed by atoms with Crippen LogP contribution in [0.1, 0.15) is 16.1 Å². The van der Waals surface area contributed by atoms with E-state index in [0.717, 1.165) is 5.75 Å². The van der Waals surface area contributed by atoms with Gasteiger partial charge in [-0.2, -0.15) is 0 Å². The molecule has 21 heavy (non-hydrogen) atoms. The molecule has 0 unspecified atom stereocenters. The molecule has 0 aliphatic rings. The van der Waals surface area contributed by atoms with Gasteiger partial charge in [-0.05, 0) is 31.2 Å². The molecule has 1 heterocycles. The van der Waals surface area contributed by atoms with Crippen LogP contribution in [-0.4, -0.2) is 31.2 Å². The first kappa shape index (κ1) is 14.8. The van der Waals surface area contributed by atoms with E-state index in [0.29, 0.717) is 30.2 Å². The maximum atomic E-state index is 11.5. The Hall–Kier alpha value is -2.56. The Morgan fingerprint density at radius 1 is 1.19 bits per heavy atom. The van der Waals surface area contributed by atoms with Gasteiger partial charge in [-0.25, -0.2) is 9.78 Å². The summed E-state index contributed by atoms with van der Waals surface area (Å²) in [7, 11) is 1.36. The molecule has 5 heteroatoms. The van der Waals surface area contributed by atoms with Gasteiger partial charge >= 0.3 is 5.97 Å². The van der Waals surface area contributed by atoms with E-state index in [-0.39, 0.29) is 5.97 Å². The lowest BCUT2D eigenvalue weighted by Gasteiger charge is -2.09. The van der Waals surface area contributed by atoms with Gasteiger partial charge in [-0.15, -0.1) is 0 Å². The third-order valence-corrected chi connectivity index (χ3v) is 2.91. The second kappa shape index (κ2) is 7.28. The molecule has 0 saturated heterocycles. The fourth-order valence-corrected chi connectivity index (χ4v) is 1.85. The number of hydrogen-bond donors (Lipinski definition) is 1. The molecule has 1 aromatic heterocycles. The van der Waals surface area contributed by atoms with Crippen molar-refractivity contribution in [3.05, 3.63) is 53.7 Å². The van der Waals surface area contributed by atoms with Crippen molar-refractivity contribution in [3.63, 3.8) is 0 Å². The van der Waals surface area contributed by atoms with Crippen LogP contribution in [0.5, 0.6) is 5.75 Å². The average molecular weight is 286 g/mol. The van der Waals surface area contributed by atoms with Crippen molar-refractivity contribution in [1.82, 2.24) is 4.98 Å². The molecule has 0 fully saturated rings. The number of benzene rings is 1. The second-order valence-corrected chi connectivity index (χ2v) is 4.41. The van der Waals surface area contributed by atoms with Gasteiger partial charge in [0, 0.05) is 0 Å². The minimum absolute atomic E-state index is 0.376. The first-order valence-electron chi connectivity index (χ1n) is 6.68. The quantitative estimate of drug-likeness (QED) is 0.653. The van der Waals surface area contributed by atoms with Crippen molar-refractivity contribution in [2.75, 3.05) is 25.6 Å². The second-order valence-electron chi connectivity index (χ2n) is 4.41. The SMILES string of the molecule is COC(=O)c1ccc(NCCOc2ccccc2)nc1C. The largest absolute Gasteiger partial charge is 0.492 e. The topological polar surface area (TPSA) is 60.5 Å². The first-order valence-corrected chi connectivity index (χ1v) is 6.68. The van der Waals surface area contributed by atoms with Crippen LogP contribution in [0.4, 0.5) is 5.82 Å². The number of hydrogen-bond acceptors (Lipinski definition) is 5. The number of aryl methyl sites for hydroxylation is 1. The number of rotatable bonds is 6. The highest BCUT2D eigenvalue weighted by Gasteiger charge is 2.10. The molecule has 0 radical (unpaired) electrons. The summed E-state index contributed by atoms with van der Waals surface area (Å²) in [6.45, 7) is 2.93. The van der Waals surface area contributed by atoms with Crippen LogP contribution in [0, 0.1) is 6.92 Å².